The molecule has 3 aliphatic rings. The number of carboxylic acid groups (broad SMARTS) is 1. The number of nitrogens with one attached hydrogen (secondary N) is 1. The molecule has 2 aromatic heterocycles. The van der Waals surface area contributed by atoms with Crippen molar-refractivity contribution in [2.75, 3.05) is 42.3 Å². The van der Waals surface area contributed by atoms with E-state index in [1.54, 1.807) is 18.3 Å². The molecule has 1 saturated heterocycles. The van der Waals surface area contributed by atoms with E-state index in [0.29, 0.717) is 54.5 Å². The highest BCUT2D eigenvalue weighted by molar-refractivity contribution is 5.99. The molecule has 2 aliphatic heterocycles. The molecule has 9 nitrogen and oxygen atoms in total. The number of nitrogen functional groups attached to an aromatic ring is 1. The van der Waals surface area contributed by atoms with Crippen molar-refractivity contribution in [3.8, 4) is 17.0 Å². The van der Waals surface area contributed by atoms with E-state index in [2.05, 4.69) is 15.3 Å². The first-order valence-electron chi connectivity index (χ1n) is 11.8. The van der Waals surface area contributed by atoms with Crippen LogP contribution in [-0.2, 0) is 4.74 Å². The summed E-state index contributed by atoms with van der Waals surface area (Å²) in [5, 5.41) is 14.4. The van der Waals surface area contributed by atoms with Gasteiger partial charge in [0.2, 0.25) is 5.88 Å². The highest BCUT2D eigenvalue weighted by Crippen LogP contribution is 2.44. The number of carbonyl (C=O) groups is 1. The Balaban J connectivity index is 1.46. The van der Waals surface area contributed by atoms with Gasteiger partial charge >= 0.3 is 6.09 Å². The normalized spacial score (nSPS) is 21.3. The molecule has 1 aliphatic carbocycles. The first kappa shape index (κ1) is 21.8. The molecule has 0 radical (unpaired) electrons. The van der Waals surface area contributed by atoms with Gasteiger partial charge in [0, 0.05) is 41.4 Å². The molecule has 4 N–H and O–H groups in total. The number of anilines is 3. The lowest BCUT2D eigenvalue weighted by Crippen LogP contribution is -2.45. The lowest BCUT2D eigenvalue weighted by Gasteiger charge is -2.29. The topological polar surface area (TPSA) is 123 Å². The van der Waals surface area contributed by atoms with Crippen LogP contribution in [0.2, 0.25) is 0 Å². The number of halogens is 1. The van der Waals surface area contributed by atoms with Crippen molar-refractivity contribution in [3.05, 3.63) is 35.9 Å². The minimum Gasteiger partial charge on any atom is -0.474 e. The lowest BCUT2D eigenvalue weighted by molar-refractivity contribution is 0.178. The Kier molecular flexibility index (Phi) is 5.14. The number of pyridine rings is 2. The summed E-state index contributed by atoms with van der Waals surface area (Å²) in [6.07, 6.45) is 4.12. The van der Waals surface area contributed by atoms with Gasteiger partial charge in [-0.15, -0.1) is 0 Å². The zero-order valence-corrected chi connectivity index (χ0v) is 19.3. The maximum atomic E-state index is 15.5. The number of ether oxygens (including phenoxy) is 2. The lowest BCUT2D eigenvalue weighted by atomic mass is 9.96. The number of nitrogens with two attached hydrogens (primary N) is 1. The van der Waals surface area contributed by atoms with E-state index in [-0.39, 0.29) is 29.0 Å². The van der Waals surface area contributed by atoms with Gasteiger partial charge in [0.15, 0.2) is 5.82 Å². The predicted molar refractivity (Wildman–Crippen MR) is 129 cm³/mol. The van der Waals surface area contributed by atoms with Gasteiger partial charge in [0.25, 0.3) is 0 Å². The number of hydrogen-bond donors (Lipinski definition) is 3. The number of rotatable bonds is 4. The highest BCUT2D eigenvalue weighted by atomic mass is 19.1. The number of hydrogen-bond acceptors (Lipinski definition) is 7. The maximum Gasteiger partial charge on any atom is 0.413 e. The molecule has 0 spiro atoms. The third-order valence-electron chi connectivity index (χ3n) is 7.33. The molecule has 35 heavy (non-hydrogen) atoms. The summed E-state index contributed by atoms with van der Waals surface area (Å²) < 4.78 is 26.7. The Labute approximate surface area is 201 Å². The van der Waals surface area contributed by atoms with Crippen LogP contribution in [0.25, 0.3) is 21.9 Å². The molecule has 1 aromatic carbocycles. The number of amides is 1. The van der Waals surface area contributed by atoms with Crippen molar-refractivity contribution >= 4 is 34.1 Å². The van der Waals surface area contributed by atoms with Crippen molar-refractivity contribution in [1.82, 2.24) is 9.97 Å². The molecule has 10 heteroatoms. The molecule has 2 unspecified atom stereocenters. The van der Waals surface area contributed by atoms with Gasteiger partial charge in [-0.3, -0.25) is 4.90 Å². The van der Waals surface area contributed by atoms with Gasteiger partial charge in [-0.2, -0.15) is 0 Å². The van der Waals surface area contributed by atoms with Crippen LogP contribution in [0.5, 0.6) is 5.88 Å². The van der Waals surface area contributed by atoms with Crippen molar-refractivity contribution < 1.29 is 23.8 Å². The molecule has 2 fully saturated rings. The Bertz CT molecular complexity index is 1350. The second-order valence-electron chi connectivity index (χ2n) is 9.43. The van der Waals surface area contributed by atoms with Gasteiger partial charge in [-0.25, -0.2) is 19.2 Å². The molecule has 182 valence electrons. The first-order valence-corrected chi connectivity index (χ1v) is 11.8. The maximum absolute atomic E-state index is 15.5. The van der Waals surface area contributed by atoms with E-state index < -0.39 is 11.9 Å². The second kappa shape index (κ2) is 8.23. The van der Waals surface area contributed by atoms with Crippen LogP contribution >= 0.6 is 0 Å². The first-order chi connectivity index (χ1) is 16.9. The minimum atomic E-state index is -1.09. The molecule has 3 aromatic rings. The summed E-state index contributed by atoms with van der Waals surface area (Å²) in [6, 6.07) is 3.03. The SMILES string of the molecule is Cc1c(-c2cc3cc(N(C(=O)O)C4COCC4C4CC4)ncc3c(N)c2F)cnc2c1NCCO2. The van der Waals surface area contributed by atoms with E-state index in [1.807, 2.05) is 6.92 Å². The number of benzene rings is 1. The molecule has 0 bridgehead atoms. The van der Waals surface area contributed by atoms with Crippen LogP contribution in [0, 0.1) is 24.6 Å². The number of nitrogens with zero attached hydrogens (tertiary/aromatic N) is 3. The van der Waals surface area contributed by atoms with Gasteiger partial charge in [0.05, 0.1) is 24.9 Å². The summed E-state index contributed by atoms with van der Waals surface area (Å²) in [7, 11) is 0. The summed E-state index contributed by atoms with van der Waals surface area (Å²) in [5.41, 5.74) is 8.55. The summed E-state index contributed by atoms with van der Waals surface area (Å²) in [5.74, 6) is 0.828. The van der Waals surface area contributed by atoms with Gasteiger partial charge in [-0.1, -0.05) is 0 Å². The smallest absolute Gasteiger partial charge is 0.413 e. The molecule has 2 atom stereocenters. The molecular formula is C25H26FN5O4. The third-order valence-corrected chi connectivity index (χ3v) is 7.33. The van der Waals surface area contributed by atoms with Gasteiger partial charge in [-0.05, 0) is 48.8 Å². The number of fused-ring (bicyclic) bond motifs is 2. The molecule has 6 rings (SSSR count). The fourth-order valence-electron chi connectivity index (χ4n) is 5.32. The molecule has 1 amide bonds. The Morgan fingerprint density at radius 2 is 2.06 bits per heavy atom. The van der Waals surface area contributed by atoms with E-state index >= 15 is 4.39 Å². The van der Waals surface area contributed by atoms with Gasteiger partial charge < -0.3 is 25.6 Å². The minimum absolute atomic E-state index is 0.0418. The zero-order valence-electron chi connectivity index (χ0n) is 19.3. The average Bonchev–Trinajstić information content (AvgIpc) is 3.59. The van der Waals surface area contributed by atoms with Crippen LogP contribution in [0.3, 0.4) is 0 Å². The van der Waals surface area contributed by atoms with E-state index in [9.17, 15) is 9.90 Å². The van der Waals surface area contributed by atoms with Crippen LogP contribution in [0.4, 0.5) is 26.4 Å². The van der Waals surface area contributed by atoms with Crippen LogP contribution in [-0.4, -0.2) is 53.6 Å². The fourth-order valence-corrected chi connectivity index (χ4v) is 5.32. The van der Waals surface area contributed by atoms with Crippen molar-refractivity contribution in [3.63, 3.8) is 0 Å². The second-order valence-corrected chi connectivity index (χ2v) is 9.43. The van der Waals surface area contributed by atoms with Crippen LogP contribution < -0.4 is 20.7 Å². The largest absolute Gasteiger partial charge is 0.474 e. The highest BCUT2D eigenvalue weighted by Gasteiger charge is 2.45. The summed E-state index contributed by atoms with van der Waals surface area (Å²) in [6.45, 7) is 3.91. The van der Waals surface area contributed by atoms with Crippen molar-refractivity contribution in [2.24, 2.45) is 11.8 Å². The Morgan fingerprint density at radius 1 is 1.23 bits per heavy atom. The van der Waals surface area contributed by atoms with Gasteiger partial charge in [0.1, 0.15) is 18.1 Å². The van der Waals surface area contributed by atoms with E-state index in [1.165, 1.54) is 11.1 Å². The third kappa shape index (κ3) is 3.59. The summed E-state index contributed by atoms with van der Waals surface area (Å²) >= 11 is 0. The average molecular weight is 480 g/mol. The molecule has 4 heterocycles. The number of aromatic nitrogens is 2. The van der Waals surface area contributed by atoms with Crippen LogP contribution in [0.15, 0.2) is 24.5 Å². The Morgan fingerprint density at radius 3 is 2.83 bits per heavy atom. The molecule has 1 saturated carbocycles. The standard InChI is InChI=1S/C25H26FN5O4/c1-12-16(8-30-24-23(12)28-4-5-35-24)15-6-14-7-20(29-9-17(14)22(27)21(15)26)31(25(32)33)19-11-34-10-18(19)13-2-3-13/h6-9,13,18-19,28H,2-5,10-11,27H2,1H3,(H,32,33). The van der Waals surface area contributed by atoms with E-state index in [0.717, 1.165) is 24.1 Å². The fraction of sp³-hybridized carbons (Fsp3) is 0.400. The van der Waals surface area contributed by atoms with Crippen molar-refractivity contribution in [2.45, 2.75) is 25.8 Å². The van der Waals surface area contributed by atoms with Crippen LogP contribution in [0.1, 0.15) is 18.4 Å². The quantitative estimate of drug-likeness (QED) is 0.479. The molecular weight excluding hydrogens is 453 g/mol. The van der Waals surface area contributed by atoms with Crippen molar-refractivity contribution in [1.29, 1.82) is 0 Å². The van der Waals surface area contributed by atoms with E-state index in [4.69, 9.17) is 15.2 Å². The zero-order chi connectivity index (χ0) is 24.3. The Hall–Kier alpha value is -3.66. The predicted octanol–water partition coefficient (Wildman–Crippen LogP) is 4.04. The monoisotopic (exact) mass is 479 g/mol. The summed E-state index contributed by atoms with van der Waals surface area (Å²) in [4.78, 5) is 22.3.